The molecule has 148 valence electrons. The normalized spacial score (nSPS) is 12.2. The largest absolute Gasteiger partial charge is 0.495 e. The summed E-state index contributed by atoms with van der Waals surface area (Å²) in [5.41, 5.74) is 0.0763. The summed E-state index contributed by atoms with van der Waals surface area (Å²) in [5, 5.41) is -0.526. The van der Waals surface area contributed by atoms with Gasteiger partial charge in [-0.05, 0) is 55.3 Å². The van der Waals surface area contributed by atoms with Gasteiger partial charge in [-0.25, -0.2) is 16.8 Å². The topological polar surface area (TPSA) is 89.5 Å². The maximum atomic E-state index is 12.8. The highest BCUT2D eigenvalue weighted by Gasteiger charge is 2.26. The third-order valence-electron chi connectivity index (χ3n) is 4.22. The molecule has 0 saturated carbocycles. The van der Waals surface area contributed by atoms with Gasteiger partial charge in [0.1, 0.15) is 5.75 Å². The van der Waals surface area contributed by atoms with Gasteiger partial charge in [-0.15, -0.1) is 0 Å². The van der Waals surface area contributed by atoms with Crippen LogP contribution in [0.3, 0.4) is 0 Å². The molecule has 2 aromatic rings. The maximum absolute atomic E-state index is 12.8. The lowest BCUT2D eigenvalue weighted by Gasteiger charge is -2.17. The molecule has 6 nitrogen and oxygen atoms in total. The molecule has 0 aromatic heterocycles. The molecule has 0 atom stereocenters. The first kappa shape index (κ1) is 21.7. The summed E-state index contributed by atoms with van der Waals surface area (Å²) in [6.07, 6.45) is 0.954. The van der Waals surface area contributed by atoms with Crippen molar-refractivity contribution in [3.63, 3.8) is 0 Å². The Morgan fingerprint density at radius 3 is 2.04 bits per heavy atom. The molecule has 1 N–H and O–H groups in total. The van der Waals surface area contributed by atoms with E-state index in [2.05, 4.69) is 20.7 Å². The highest BCUT2D eigenvalue weighted by Crippen LogP contribution is 2.32. The van der Waals surface area contributed by atoms with Gasteiger partial charge in [-0.1, -0.05) is 29.8 Å². The number of nitrogens with one attached hydrogen (secondary N) is 1. The molecule has 0 radical (unpaired) electrons. The van der Waals surface area contributed by atoms with Crippen LogP contribution in [0, 0.1) is 0 Å². The molecule has 27 heavy (non-hydrogen) atoms. The number of hydrogen-bond donors (Lipinski definition) is 1. The molecule has 0 aliphatic rings. The second kappa shape index (κ2) is 8.62. The molecule has 0 saturated heterocycles. The van der Waals surface area contributed by atoms with E-state index in [1.54, 1.807) is 12.1 Å². The fourth-order valence-electron chi connectivity index (χ4n) is 2.68. The van der Waals surface area contributed by atoms with E-state index in [1.807, 2.05) is 13.8 Å². The van der Waals surface area contributed by atoms with E-state index in [9.17, 15) is 16.8 Å². The molecule has 0 aliphatic heterocycles. The second-order valence-electron chi connectivity index (χ2n) is 5.91. The van der Waals surface area contributed by atoms with E-state index < -0.39 is 25.1 Å². The lowest BCUT2D eigenvalue weighted by molar-refractivity contribution is 0.416. The number of methoxy groups -OCH3 is 1. The van der Waals surface area contributed by atoms with Gasteiger partial charge >= 0.3 is 0 Å². The molecule has 0 heterocycles. The summed E-state index contributed by atoms with van der Waals surface area (Å²) in [6, 6.07) is 10.3. The Labute approximate surface area is 169 Å². The fourth-order valence-corrected chi connectivity index (χ4v) is 5.81. The number of sulfone groups is 1. The predicted molar refractivity (Wildman–Crippen MR) is 110 cm³/mol. The maximum Gasteiger partial charge on any atom is 0.262 e. The first-order valence-electron chi connectivity index (χ1n) is 8.36. The van der Waals surface area contributed by atoms with Gasteiger partial charge in [-0.2, -0.15) is 0 Å². The smallest absolute Gasteiger partial charge is 0.262 e. The number of halogens is 1. The SMILES string of the molecule is CCC(CC)S(=O)(=O)c1ccc(OC)c(NS(=O)(=O)c2ccc(Br)cc2)c1. The monoisotopic (exact) mass is 475 g/mol. The Bertz CT molecular complexity index is 999. The van der Waals surface area contributed by atoms with Crippen LogP contribution in [-0.4, -0.2) is 29.2 Å². The van der Waals surface area contributed by atoms with E-state index in [0.717, 1.165) is 4.47 Å². The Hall–Kier alpha value is -1.58. The lowest BCUT2D eigenvalue weighted by Crippen LogP contribution is -2.20. The number of benzene rings is 2. The predicted octanol–water partition coefficient (Wildman–Crippen LogP) is 4.22. The van der Waals surface area contributed by atoms with Crippen molar-refractivity contribution in [3.05, 3.63) is 46.9 Å². The van der Waals surface area contributed by atoms with Crippen LogP contribution in [0.2, 0.25) is 0 Å². The zero-order valence-electron chi connectivity index (χ0n) is 15.3. The molecule has 0 aliphatic carbocycles. The Balaban J connectivity index is 2.48. The first-order valence-corrected chi connectivity index (χ1v) is 12.2. The first-order chi connectivity index (χ1) is 12.7. The minimum Gasteiger partial charge on any atom is -0.495 e. The molecular weight excluding hydrogens is 454 g/mol. The van der Waals surface area contributed by atoms with Gasteiger partial charge in [0.25, 0.3) is 10.0 Å². The summed E-state index contributed by atoms with van der Waals surface area (Å²) >= 11 is 3.26. The highest BCUT2D eigenvalue weighted by molar-refractivity contribution is 9.10. The van der Waals surface area contributed by atoms with Crippen molar-refractivity contribution in [2.24, 2.45) is 0 Å². The van der Waals surface area contributed by atoms with Gasteiger partial charge in [-0.3, -0.25) is 4.72 Å². The van der Waals surface area contributed by atoms with E-state index in [1.165, 1.54) is 37.4 Å². The van der Waals surface area contributed by atoms with Crippen molar-refractivity contribution >= 4 is 41.5 Å². The van der Waals surface area contributed by atoms with E-state index >= 15 is 0 Å². The van der Waals surface area contributed by atoms with Crippen molar-refractivity contribution in [1.29, 1.82) is 0 Å². The van der Waals surface area contributed by atoms with Crippen molar-refractivity contribution in [1.82, 2.24) is 0 Å². The number of hydrogen-bond acceptors (Lipinski definition) is 5. The lowest BCUT2D eigenvalue weighted by atomic mass is 10.3. The van der Waals surface area contributed by atoms with Crippen LogP contribution in [0.5, 0.6) is 5.75 Å². The van der Waals surface area contributed by atoms with E-state index in [4.69, 9.17) is 4.74 Å². The number of sulfonamides is 1. The van der Waals surface area contributed by atoms with Crippen molar-refractivity contribution in [3.8, 4) is 5.75 Å². The Kier molecular flexibility index (Phi) is 6.93. The standard InChI is InChI=1S/C18H22BrNO5S2/c1-4-14(5-2)26(21,22)16-10-11-18(25-3)17(12-16)20-27(23,24)15-8-6-13(19)7-9-15/h6-12,14,20H,4-5H2,1-3H3. The average Bonchev–Trinajstić information content (AvgIpc) is 2.62. The molecule has 0 unspecified atom stereocenters. The van der Waals surface area contributed by atoms with Gasteiger partial charge in [0.15, 0.2) is 9.84 Å². The van der Waals surface area contributed by atoms with Gasteiger partial charge < -0.3 is 4.74 Å². The molecule has 2 aromatic carbocycles. The van der Waals surface area contributed by atoms with Gasteiger partial charge in [0, 0.05) is 4.47 Å². The number of ether oxygens (including phenoxy) is 1. The van der Waals surface area contributed by atoms with Gasteiger partial charge in [0.05, 0.1) is 27.8 Å². The van der Waals surface area contributed by atoms with Crippen molar-refractivity contribution in [2.45, 2.75) is 41.7 Å². The van der Waals surface area contributed by atoms with Crippen molar-refractivity contribution in [2.75, 3.05) is 11.8 Å². The Morgan fingerprint density at radius 1 is 0.963 bits per heavy atom. The summed E-state index contributed by atoms with van der Waals surface area (Å²) in [5.74, 6) is 0.235. The average molecular weight is 476 g/mol. The molecular formula is C18H22BrNO5S2. The van der Waals surface area contributed by atoms with E-state index in [0.29, 0.717) is 12.8 Å². The van der Waals surface area contributed by atoms with Crippen LogP contribution in [-0.2, 0) is 19.9 Å². The molecule has 0 amide bonds. The zero-order chi connectivity index (χ0) is 20.2. The van der Waals surface area contributed by atoms with Crippen LogP contribution in [0.1, 0.15) is 26.7 Å². The van der Waals surface area contributed by atoms with Crippen LogP contribution in [0.25, 0.3) is 0 Å². The number of rotatable bonds is 8. The third-order valence-corrected chi connectivity index (χ3v) is 8.58. The van der Waals surface area contributed by atoms with Crippen LogP contribution in [0.15, 0.2) is 56.7 Å². The minimum atomic E-state index is -3.90. The molecule has 2 rings (SSSR count). The fraction of sp³-hybridized carbons (Fsp3) is 0.333. The van der Waals surface area contributed by atoms with Crippen LogP contribution >= 0.6 is 15.9 Å². The highest BCUT2D eigenvalue weighted by atomic mass is 79.9. The number of anilines is 1. The summed E-state index contributed by atoms with van der Waals surface area (Å²) in [7, 11) is -6.08. The van der Waals surface area contributed by atoms with Crippen LogP contribution < -0.4 is 9.46 Å². The molecule has 0 bridgehead atoms. The summed E-state index contributed by atoms with van der Waals surface area (Å²) in [6.45, 7) is 3.62. The van der Waals surface area contributed by atoms with Crippen molar-refractivity contribution < 1.29 is 21.6 Å². The van der Waals surface area contributed by atoms with Gasteiger partial charge in [0.2, 0.25) is 0 Å². The summed E-state index contributed by atoms with van der Waals surface area (Å²) in [4.78, 5) is 0.117. The Morgan fingerprint density at radius 2 is 1.52 bits per heavy atom. The molecule has 9 heteroatoms. The van der Waals surface area contributed by atoms with E-state index in [-0.39, 0.29) is 21.2 Å². The minimum absolute atomic E-state index is 0.0565. The second-order valence-corrected chi connectivity index (χ2v) is 10.7. The quantitative estimate of drug-likeness (QED) is 0.616. The molecule has 0 fully saturated rings. The van der Waals surface area contributed by atoms with Crippen LogP contribution in [0.4, 0.5) is 5.69 Å². The molecule has 0 spiro atoms. The zero-order valence-corrected chi connectivity index (χ0v) is 18.5. The summed E-state index contributed by atoms with van der Waals surface area (Å²) < 4.78 is 59.3. The third kappa shape index (κ3) is 4.83.